The summed E-state index contributed by atoms with van der Waals surface area (Å²) >= 11 is 0. The van der Waals surface area contributed by atoms with Crippen LogP contribution in [0.25, 0.3) is 0 Å². The second-order valence-corrected chi connectivity index (χ2v) is 10.3. The highest BCUT2D eigenvalue weighted by molar-refractivity contribution is 5.88. The van der Waals surface area contributed by atoms with Crippen LogP contribution < -0.4 is 10.1 Å². The van der Waals surface area contributed by atoms with E-state index in [1.165, 1.54) is 0 Å². The van der Waals surface area contributed by atoms with E-state index in [1.807, 2.05) is 85.8 Å². The van der Waals surface area contributed by atoms with Crippen LogP contribution in [0.2, 0.25) is 0 Å². The molecule has 0 bridgehead atoms. The second-order valence-electron chi connectivity index (χ2n) is 10.3. The number of carbonyl (C=O) groups excluding carboxylic acids is 2. The van der Waals surface area contributed by atoms with Crippen molar-refractivity contribution in [3.8, 4) is 5.75 Å². The second kappa shape index (κ2) is 13.6. The lowest BCUT2D eigenvalue weighted by atomic mass is 10.0. The van der Waals surface area contributed by atoms with Crippen molar-refractivity contribution in [2.75, 3.05) is 13.2 Å². The number of hydrogen-bond acceptors (Lipinski definition) is 3. The SMILES string of the molecule is Cc1ccc(CN(C(=O)COc2ccccc2C(C)C)[C@@H](Cc2ccccc2)C(=O)NCC(C)C)cc1. The number of nitrogens with one attached hydrogen (secondary N) is 1. The van der Waals surface area contributed by atoms with Crippen molar-refractivity contribution in [2.24, 2.45) is 5.92 Å². The summed E-state index contributed by atoms with van der Waals surface area (Å²) in [6, 6.07) is 25.0. The Morgan fingerprint density at radius 1 is 0.838 bits per heavy atom. The summed E-state index contributed by atoms with van der Waals surface area (Å²) in [6.45, 7) is 11.1. The van der Waals surface area contributed by atoms with E-state index >= 15 is 0 Å². The summed E-state index contributed by atoms with van der Waals surface area (Å²) in [5.74, 6) is 0.895. The number of aryl methyl sites for hydroxylation is 1. The van der Waals surface area contributed by atoms with Gasteiger partial charge in [-0.3, -0.25) is 9.59 Å². The maximum atomic E-state index is 13.8. The van der Waals surface area contributed by atoms with Gasteiger partial charge in [0.2, 0.25) is 5.91 Å². The Morgan fingerprint density at radius 3 is 2.14 bits per heavy atom. The Hall–Kier alpha value is -3.60. The van der Waals surface area contributed by atoms with Crippen LogP contribution in [0.3, 0.4) is 0 Å². The first-order valence-corrected chi connectivity index (χ1v) is 13.1. The number of ether oxygens (including phenoxy) is 1. The fraction of sp³-hybridized carbons (Fsp3) is 0.375. The van der Waals surface area contributed by atoms with Crippen molar-refractivity contribution >= 4 is 11.8 Å². The largest absolute Gasteiger partial charge is 0.483 e. The molecule has 0 saturated heterocycles. The van der Waals surface area contributed by atoms with Gasteiger partial charge in [0.25, 0.3) is 5.91 Å². The quantitative estimate of drug-likeness (QED) is 0.336. The van der Waals surface area contributed by atoms with Gasteiger partial charge in [-0.2, -0.15) is 0 Å². The van der Waals surface area contributed by atoms with Crippen LogP contribution in [-0.2, 0) is 22.6 Å². The Kier molecular flexibility index (Phi) is 10.3. The predicted molar refractivity (Wildman–Crippen MR) is 150 cm³/mol. The lowest BCUT2D eigenvalue weighted by Gasteiger charge is -2.32. The third kappa shape index (κ3) is 8.49. The monoisotopic (exact) mass is 500 g/mol. The molecule has 37 heavy (non-hydrogen) atoms. The molecule has 1 N–H and O–H groups in total. The summed E-state index contributed by atoms with van der Waals surface area (Å²) in [4.78, 5) is 29.0. The molecule has 0 unspecified atom stereocenters. The van der Waals surface area contributed by atoms with Gasteiger partial charge in [0, 0.05) is 19.5 Å². The van der Waals surface area contributed by atoms with E-state index in [4.69, 9.17) is 4.74 Å². The topological polar surface area (TPSA) is 58.6 Å². The third-order valence-electron chi connectivity index (χ3n) is 6.32. The first-order chi connectivity index (χ1) is 17.7. The Bertz CT molecular complexity index is 1140. The van der Waals surface area contributed by atoms with E-state index < -0.39 is 6.04 Å². The first-order valence-electron chi connectivity index (χ1n) is 13.1. The first kappa shape index (κ1) is 28.0. The molecule has 0 heterocycles. The smallest absolute Gasteiger partial charge is 0.261 e. The average molecular weight is 501 g/mol. The van der Waals surface area contributed by atoms with Gasteiger partial charge in [-0.15, -0.1) is 0 Å². The maximum Gasteiger partial charge on any atom is 0.261 e. The number of para-hydroxylation sites is 1. The molecule has 1 atom stereocenters. The van der Waals surface area contributed by atoms with Gasteiger partial charge in [0.05, 0.1) is 0 Å². The molecule has 0 radical (unpaired) electrons. The number of rotatable bonds is 12. The van der Waals surface area contributed by atoms with Crippen molar-refractivity contribution in [1.82, 2.24) is 10.2 Å². The van der Waals surface area contributed by atoms with E-state index in [0.29, 0.717) is 31.2 Å². The Morgan fingerprint density at radius 2 is 1.49 bits per heavy atom. The number of carbonyl (C=O) groups is 2. The summed E-state index contributed by atoms with van der Waals surface area (Å²) in [6.07, 6.45) is 0.422. The molecular weight excluding hydrogens is 460 g/mol. The average Bonchev–Trinajstić information content (AvgIpc) is 2.89. The number of amides is 2. The van der Waals surface area contributed by atoms with Gasteiger partial charge >= 0.3 is 0 Å². The van der Waals surface area contributed by atoms with E-state index in [1.54, 1.807) is 4.90 Å². The molecule has 5 heteroatoms. The van der Waals surface area contributed by atoms with Crippen molar-refractivity contribution in [3.63, 3.8) is 0 Å². The van der Waals surface area contributed by atoms with Crippen LogP contribution in [0.1, 0.15) is 55.9 Å². The Labute approximate surface area is 221 Å². The lowest BCUT2D eigenvalue weighted by Crippen LogP contribution is -2.52. The standard InChI is InChI=1S/C32H40N2O3/c1-23(2)20-33-32(36)29(19-26-11-7-6-8-12-26)34(21-27-17-15-25(5)16-18-27)31(35)22-37-30-14-10-9-13-28(30)24(3)4/h6-18,23-24,29H,19-22H2,1-5H3,(H,33,36)/t29-/m0/s1. The number of nitrogens with zero attached hydrogens (tertiary/aromatic N) is 1. The zero-order valence-corrected chi connectivity index (χ0v) is 22.7. The molecular formula is C32H40N2O3. The normalized spacial score (nSPS) is 11.9. The summed E-state index contributed by atoms with van der Waals surface area (Å²) in [5, 5.41) is 3.06. The molecule has 0 aliphatic rings. The van der Waals surface area contributed by atoms with Crippen molar-refractivity contribution < 1.29 is 14.3 Å². The third-order valence-corrected chi connectivity index (χ3v) is 6.32. The van der Waals surface area contributed by atoms with Gasteiger partial charge < -0.3 is 15.0 Å². The molecule has 3 aromatic rings. The highest BCUT2D eigenvalue weighted by atomic mass is 16.5. The molecule has 3 aromatic carbocycles. The van der Waals surface area contributed by atoms with Gasteiger partial charge in [-0.05, 0) is 41.5 Å². The van der Waals surface area contributed by atoms with Crippen LogP contribution in [0.5, 0.6) is 5.75 Å². The number of hydrogen-bond donors (Lipinski definition) is 1. The van der Waals surface area contributed by atoms with Gasteiger partial charge in [-0.25, -0.2) is 0 Å². The molecule has 5 nitrogen and oxygen atoms in total. The van der Waals surface area contributed by atoms with Crippen LogP contribution >= 0.6 is 0 Å². The molecule has 2 amide bonds. The highest BCUT2D eigenvalue weighted by Crippen LogP contribution is 2.26. The molecule has 0 spiro atoms. The summed E-state index contributed by atoms with van der Waals surface area (Å²) < 4.78 is 6.05. The van der Waals surface area contributed by atoms with Gasteiger partial charge in [0.1, 0.15) is 11.8 Å². The molecule has 0 aromatic heterocycles. The zero-order valence-electron chi connectivity index (χ0n) is 22.7. The minimum Gasteiger partial charge on any atom is -0.483 e. The van der Waals surface area contributed by atoms with Crippen LogP contribution in [0, 0.1) is 12.8 Å². The molecule has 0 aliphatic heterocycles. The van der Waals surface area contributed by atoms with Crippen LogP contribution in [0.15, 0.2) is 78.9 Å². The van der Waals surface area contributed by atoms with E-state index in [0.717, 1.165) is 22.3 Å². The predicted octanol–water partition coefficient (Wildman–Crippen LogP) is 5.91. The van der Waals surface area contributed by atoms with Crippen molar-refractivity contribution in [3.05, 3.63) is 101 Å². The molecule has 196 valence electrons. The van der Waals surface area contributed by atoms with Gasteiger partial charge in [-0.1, -0.05) is 106 Å². The zero-order chi connectivity index (χ0) is 26.8. The van der Waals surface area contributed by atoms with Crippen molar-refractivity contribution in [2.45, 2.75) is 59.5 Å². The Balaban J connectivity index is 1.91. The minimum absolute atomic E-state index is 0.141. The molecule has 0 saturated carbocycles. The lowest BCUT2D eigenvalue weighted by molar-refractivity contribution is -0.142. The summed E-state index contributed by atoms with van der Waals surface area (Å²) in [5.41, 5.74) is 4.16. The summed E-state index contributed by atoms with van der Waals surface area (Å²) in [7, 11) is 0. The maximum absolute atomic E-state index is 13.8. The van der Waals surface area contributed by atoms with E-state index in [2.05, 4.69) is 33.0 Å². The van der Waals surface area contributed by atoms with E-state index in [-0.39, 0.29) is 24.3 Å². The molecule has 0 aliphatic carbocycles. The molecule has 0 fully saturated rings. The fourth-order valence-corrected chi connectivity index (χ4v) is 4.18. The van der Waals surface area contributed by atoms with Crippen LogP contribution in [0.4, 0.5) is 0 Å². The highest BCUT2D eigenvalue weighted by Gasteiger charge is 2.31. The van der Waals surface area contributed by atoms with E-state index in [9.17, 15) is 9.59 Å². The fourth-order valence-electron chi connectivity index (χ4n) is 4.18. The van der Waals surface area contributed by atoms with Crippen LogP contribution in [-0.4, -0.2) is 35.9 Å². The number of benzene rings is 3. The minimum atomic E-state index is -0.668. The van der Waals surface area contributed by atoms with Gasteiger partial charge in [0.15, 0.2) is 6.61 Å². The van der Waals surface area contributed by atoms with Crippen molar-refractivity contribution in [1.29, 1.82) is 0 Å². The molecule has 3 rings (SSSR count).